The molecule has 0 saturated carbocycles. The van der Waals surface area contributed by atoms with Gasteiger partial charge in [-0.3, -0.25) is 5.84 Å². The van der Waals surface area contributed by atoms with Crippen molar-refractivity contribution in [3.63, 3.8) is 0 Å². The molecular weight excluding hydrogens is 244 g/mol. The summed E-state index contributed by atoms with van der Waals surface area (Å²) in [5.74, 6) is 5.74. The molecule has 0 aliphatic heterocycles. The lowest BCUT2D eigenvalue weighted by Crippen LogP contribution is -2.30. The quantitative estimate of drug-likeness (QED) is 0.559. The average molecular weight is 258 g/mol. The molecule has 3 N–H and O–H groups in total. The van der Waals surface area contributed by atoms with Gasteiger partial charge in [0.05, 0.1) is 24.3 Å². The number of nitrogens with one attached hydrogen (secondary N) is 1. The van der Waals surface area contributed by atoms with Gasteiger partial charge in [0.15, 0.2) is 0 Å². The summed E-state index contributed by atoms with van der Waals surface area (Å²) in [5, 5.41) is 3.35. The molecule has 3 aromatic rings. The number of rotatable bonds is 3. The van der Waals surface area contributed by atoms with Gasteiger partial charge in [0.25, 0.3) is 0 Å². The fraction of sp³-hybridized carbons (Fsp3) is 0.154. The van der Waals surface area contributed by atoms with E-state index in [1.165, 1.54) is 15.6 Å². The van der Waals surface area contributed by atoms with Gasteiger partial charge in [0, 0.05) is 11.7 Å². The fourth-order valence-corrected chi connectivity index (χ4v) is 3.17. The van der Waals surface area contributed by atoms with E-state index in [1.54, 1.807) is 17.7 Å². The van der Waals surface area contributed by atoms with E-state index >= 15 is 0 Å². The summed E-state index contributed by atoms with van der Waals surface area (Å²) >= 11 is 1.74. The number of nitrogens with two attached hydrogens (primary N) is 1. The van der Waals surface area contributed by atoms with E-state index in [9.17, 15) is 0 Å². The fourth-order valence-electron chi connectivity index (χ4n) is 2.22. The molecule has 0 fully saturated rings. The van der Waals surface area contributed by atoms with Crippen LogP contribution in [-0.2, 0) is 7.05 Å². The van der Waals surface area contributed by atoms with Crippen molar-refractivity contribution in [3.05, 3.63) is 53.4 Å². The summed E-state index contributed by atoms with van der Waals surface area (Å²) in [6.07, 6.45) is 3.63. The normalized spacial score (nSPS) is 13.0. The highest BCUT2D eigenvalue weighted by Gasteiger charge is 2.18. The first-order valence-corrected chi connectivity index (χ1v) is 6.57. The number of nitrogens with zero attached hydrogens (tertiary/aromatic N) is 2. The van der Waals surface area contributed by atoms with E-state index in [1.807, 2.05) is 17.8 Å². The standard InChI is InChI=1S/C13H14N4S/c1-17-8-15-7-11(17)12(16-14)10-4-2-3-9-5-6-18-13(9)10/h2-8,12,16H,14H2,1H3. The number of aromatic nitrogens is 2. The van der Waals surface area contributed by atoms with Crippen molar-refractivity contribution in [2.24, 2.45) is 12.9 Å². The van der Waals surface area contributed by atoms with Crippen LogP contribution < -0.4 is 11.3 Å². The van der Waals surface area contributed by atoms with Gasteiger partial charge >= 0.3 is 0 Å². The number of hydrazine groups is 1. The Morgan fingerprint density at radius 1 is 1.39 bits per heavy atom. The first-order chi connectivity index (χ1) is 8.81. The third-order valence-electron chi connectivity index (χ3n) is 3.14. The van der Waals surface area contributed by atoms with Crippen molar-refractivity contribution in [2.45, 2.75) is 6.04 Å². The Morgan fingerprint density at radius 2 is 2.28 bits per heavy atom. The Hall–Kier alpha value is -1.69. The highest BCUT2D eigenvalue weighted by atomic mass is 32.1. The van der Waals surface area contributed by atoms with Crippen LogP contribution in [0.1, 0.15) is 17.3 Å². The molecule has 0 radical (unpaired) electrons. The minimum atomic E-state index is -0.0418. The average Bonchev–Trinajstić information content (AvgIpc) is 3.00. The van der Waals surface area contributed by atoms with Crippen LogP contribution in [0, 0.1) is 0 Å². The van der Waals surface area contributed by atoms with Crippen molar-refractivity contribution in [1.82, 2.24) is 15.0 Å². The Balaban J connectivity index is 2.17. The third-order valence-corrected chi connectivity index (χ3v) is 4.12. The van der Waals surface area contributed by atoms with Crippen LogP contribution in [-0.4, -0.2) is 9.55 Å². The summed E-state index contributed by atoms with van der Waals surface area (Å²) in [7, 11) is 1.97. The van der Waals surface area contributed by atoms with Gasteiger partial charge in [-0.25, -0.2) is 10.4 Å². The zero-order valence-electron chi connectivity index (χ0n) is 10.00. The van der Waals surface area contributed by atoms with Crippen molar-refractivity contribution in [2.75, 3.05) is 0 Å². The highest BCUT2D eigenvalue weighted by molar-refractivity contribution is 7.17. The summed E-state index contributed by atoms with van der Waals surface area (Å²) in [4.78, 5) is 4.15. The zero-order chi connectivity index (χ0) is 12.5. The summed E-state index contributed by atoms with van der Waals surface area (Å²) in [5.41, 5.74) is 5.13. The van der Waals surface area contributed by atoms with E-state index in [-0.39, 0.29) is 6.04 Å². The first-order valence-electron chi connectivity index (χ1n) is 5.69. The van der Waals surface area contributed by atoms with E-state index in [2.05, 4.69) is 40.1 Å². The van der Waals surface area contributed by atoms with Crippen molar-refractivity contribution in [3.8, 4) is 0 Å². The molecular formula is C13H14N4S. The molecule has 0 saturated heterocycles. The van der Waals surface area contributed by atoms with Gasteiger partial charge in [-0.15, -0.1) is 11.3 Å². The second kappa shape index (κ2) is 4.53. The number of imidazole rings is 1. The van der Waals surface area contributed by atoms with Gasteiger partial charge in [-0.1, -0.05) is 18.2 Å². The number of benzene rings is 1. The van der Waals surface area contributed by atoms with E-state index in [0.717, 1.165) is 5.69 Å². The molecule has 0 aliphatic rings. The second-order valence-electron chi connectivity index (χ2n) is 4.22. The number of hydrogen-bond donors (Lipinski definition) is 2. The summed E-state index contributed by atoms with van der Waals surface area (Å²) < 4.78 is 3.25. The molecule has 5 heteroatoms. The van der Waals surface area contributed by atoms with Crippen LogP contribution in [0.15, 0.2) is 42.2 Å². The first kappa shape index (κ1) is 11.4. The molecule has 1 aromatic carbocycles. The van der Waals surface area contributed by atoms with Crippen LogP contribution in [0.5, 0.6) is 0 Å². The summed E-state index contributed by atoms with van der Waals surface area (Å²) in [6.45, 7) is 0. The number of fused-ring (bicyclic) bond motifs is 1. The molecule has 1 unspecified atom stereocenters. The molecule has 0 spiro atoms. The van der Waals surface area contributed by atoms with Gasteiger partial charge in [-0.2, -0.15) is 0 Å². The van der Waals surface area contributed by atoms with Crippen LogP contribution in [0.2, 0.25) is 0 Å². The smallest absolute Gasteiger partial charge is 0.0946 e. The monoisotopic (exact) mass is 258 g/mol. The molecule has 0 amide bonds. The van der Waals surface area contributed by atoms with Crippen molar-refractivity contribution in [1.29, 1.82) is 0 Å². The lowest BCUT2D eigenvalue weighted by atomic mass is 10.0. The van der Waals surface area contributed by atoms with Crippen LogP contribution in [0.3, 0.4) is 0 Å². The van der Waals surface area contributed by atoms with Crippen LogP contribution in [0.25, 0.3) is 10.1 Å². The molecule has 92 valence electrons. The van der Waals surface area contributed by atoms with Crippen LogP contribution in [0.4, 0.5) is 0 Å². The van der Waals surface area contributed by atoms with E-state index in [0.29, 0.717) is 0 Å². The minimum absolute atomic E-state index is 0.0418. The SMILES string of the molecule is Cn1cncc1C(NN)c1cccc2ccsc12. The number of hydrogen-bond acceptors (Lipinski definition) is 4. The lowest BCUT2D eigenvalue weighted by Gasteiger charge is -2.17. The molecule has 4 nitrogen and oxygen atoms in total. The Morgan fingerprint density at radius 3 is 3.00 bits per heavy atom. The number of aryl methyl sites for hydroxylation is 1. The van der Waals surface area contributed by atoms with Gasteiger partial charge in [-0.05, 0) is 22.4 Å². The molecule has 18 heavy (non-hydrogen) atoms. The minimum Gasteiger partial charge on any atom is -0.336 e. The highest BCUT2D eigenvalue weighted by Crippen LogP contribution is 2.31. The van der Waals surface area contributed by atoms with Crippen LogP contribution >= 0.6 is 11.3 Å². The molecule has 0 bridgehead atoms. The predicted molar refractivity (Wildman–Crippen MR) is 74.2 cm³/mol. The third kappa shape index (κ3) is 1.73. The molecule has 2 heterocycles. The Labute approximate surface area is 109 Å². The molecule has 1 atom stereocenters. The largest absolute Gasteiger partial charge is 0.336 e. The number of thiophene rings is 1. The van der Waals surface area contributed by atoms with Gasteiger partial charge in [0.2, 0.25) is 0 Å². The lowest BCUT2D eigenvalue weighted by molar-refractivity contribution is 0.601. The second-order valence-corrected chi connectivity index (χ2v) is 5.13. The zero-order valence-corrected chi connectivity index (χ0v) is 10.8. The summed E-state index contributed by atoms with van der Waals surface area (Å²) in [6, 6.07) is 8.37. The molecule has 3 rings (SSSR count). The van der Waals surface area contributed by atoms with Gasteiger partial charge in [0.1, 0.15) is 0 Å². The molecule has 2 aromatic heterocycles. The Kier molecular flexibility index (Phi) is 2.87. The maximum Gasteiger partial charge on any atom is 0.0946 e. The maximum atomic E-state index is 5.74. The van der Waals surface area contributed by atoms with Crippen molar-refractivity contribution >= 4 is 21.4 Å². The molecule has 0 aliphatic carbocycles. The maximum absolute atomic E-state index is 5.74. The Bertz CT molecular complexity index is 670. The van der Waals surface area contributed by atoms with E-state index in [4.69, 9.17) is 5.84 Å². The van der Waals surface area contributed by atoms with Crippen molar-refractivity contribution < 1.29 is 0 Å². The van der Waals surface area contributed by atoms with E-state index < -0.39 is 0 Å². The topological polar surface area (TPSA) is 55.9 Å². The van der Waals surface area contributed by atoms with Gasteiger partial charge < -0.3 is 4.57 Å². The predicted octanol–water partition coefficient (Wildman–Crippen LogP) is 2.19.